The molecule has 50 heavy (non-hydrogen) atoms. The summed E-state index contributed by atoms with van der Waals surface area (Å²) in [5.41, 5.74) is 18.1. The first-order valence-corrected chi connectivity index (χ1v) is 19.8. The van der Waals surface area contributed by atoms with Gasteiger partial charge in [0.05, 0.1) is 0 Å². The summed E-state index contributed by atoms with van der Waals surface area (Å²) in [7, 11) is 0. The number of benzene rings is 4. The van der Waals surface area contributed by atoms with Crippen LogP contribution in [-0.4, -0.2) is 6.71 Å². The van der Waals surface area contributed by atoms with Crippen LogP contribution in [0.25, 0.3) is 10.1 Å². The van der Waals surface area contributed by atoms with Gasteiger partial charge in [-0.05, 0) is 136 Å². The standard InChI is InChI=1S/C47H54BNS/c1-42(2,3)27-17-20-38-29(21-27)39-41(50-38)48-35-23-33-34(46(10,11)26-45(33,8)9)24-37(35)49(36-16-14-15-31(40(36)48)47(39,12)13)28-18-19-30-32(22-28)44(6,7)25-43(30,4)5/h14-24H,25-26H2,1-13H3. The molecular formula is C47H54BNS. The first-order chi connectivity index (χ1) is 23.1. The van der Waals surface area contributed by atoms with Crippen LogP contribution in [0.1, 0.15) is 142 Å². The molecule has 4 aliphatic rings. The van der Waals surface area contributed by atoms with E-state index in [9.17, 15) is 0 Å². The lowest BCUT2D eigenvalue weighted by atomic mass is 9.32. The Balaban J connectivity index is 1.38. The molecule has 0 radical (unpaired) electrons. The molecule has 5 aromatic rings. The van der Waals surface area contributed by atoms with Gasteiger partial charge in [0.2, 0.25) is 0 Å². The lowest BCUT2D eigenvalue weighted by Crippen LogP contribution is -2.63. The monoisotopic (exact) mass is 675 g/mol. The Hall–Kier alpha value is -3.30. The van der Waals surface area contributed by atoms with Gasteiger partial charge in [-0.1, -0.05) is 120 Å². The fourth-order valence-corrected chi connectivity index (χ4v) is 13.0. The minimum Gasteiger partial charge on any atom is -0.311 e. The van der Waals surface area contributed by atoms with E-state index in [4.69, 9.17) is 0 Å². The van der Waals surface area contributed by atoms with E-state index in [-0.39, 0.29) is 39.2 Å². The smallest absolute Gasteiger partial charge is 0.259 e. The summed E-state index contributed by atoms with van der Waals surface area (Å²) in [5.74, 6) is 0. The molecule has 0 saturated heterocycles. The van der Waals surface area contributed by atoms with Crippen LogP contribution in [0.4, 0.5) is 17.1 Å². The van der Waals surface area contributed by atoms with Gasteiger partial charge in [-0.2, -0.15) is 0 Å². The zero-order valence-corrected chi connectivity index (χ0v) is 33.5. The van der Waals surface area contributed by atoms with Crippen molar-refractivity contribution in [3.8, 4) is 0 Å². The minimum atomic E-state index is -0.128. The summed E-state index contributed by atoms with van der Waals surface area (Å²) in [6.07, 6.45) is 2.34. The Morgan fingerprint density at radius 1 is 0.620 bits per heavy atom. The SMILES string of the molecule is CC(C)(C)c1ccc2sc3c(c2c1)C(C)(C)c1cccc2c1B3c1cc3c(cc1N2c1ccc2c(c1)C(C)(C)CC2(C)C)C(C)(C)CC3(C)C. The maximum absolute atomic E-state index is 2.67. The zero-order chi connectivity index (χ0) is 35.7. The van der Waals surface area contributed by atoms with Crippen molar-refractivity contribution in [2.24, 2.45) is 0 Å². The van der Waals surface area contributed by atoms with Gasteiger partial charge in [0.15, 0.2) is 0 Å². The highest BCUT2D eigenvalue weighted by Crippen LogP contribution is 2.55. The predicted octanol–water partition coefficient (Wildman–Crippen LogP) is 11.1. The molecule has 3 heterocycles. The van der Waals surface area contributed by atoms with E-state index < -0.39 is 0 Å². The second-order valence-corrected chi connectivity index (χ2v) is 21.6. The molecule has 1 aromatic heterocycles. The van der Waals surface area contributed by atoms with Gasteiger partial charge in [0.1, 0.15) is 0 Å². The average molecular weight is 676 g/mol. The van der Waals surface area contributed by atoms with Crippen molar-refractivity contribution in [1.82, 2.24) is 0 Å². The van der Waals surface area contributed by atoms with E-state index in [1.807, 2.05) is 0 Å². The van der Waals surface area contributed by atoms with Crippen molar-refractivity contribution < 1.29 is 0 Å². The molecule has 0 fully saturated rings. The molecule has 1 nitrogen and oxygen atoms in total. The summed E-state index contributed by atoms with van der Waals surface area (Å²) in [6.45, 7) is 31.8. The quantitative estimate of drug-likeness (QED) is 0.157. The first-order valence-electron chi connectivity index (χ1n) is 19.0. The Bertz CT molecular complexity index is 2300. The molecule has 0 atom stereocenters. The lowest BCUT2D eigenvalue weighted by molar-refractivity contribution is 0.403. The van der Waals surface area contributed by atoms with Gasteiger partial charge in [-0.3, -0.25) is 0 Å². The number of fused-ring (bicyclic) bond motifs is 8. The highest BCUT2D eigenvalue weighted by molar-refractivity contribution is 7.32. The third-order valence-corrected chi connectivity index (χ3v) is 14.7. The molecule has 0 unspecified atom stereocenters. The van der Waals surface area contributed by atoms with E-state index in [1.165, 1.54) is 78.7 Å². The molecule has 9 rings (SSSR count). The lowest BCUT2D eigenvalue weighted by Gasteiger charge is -2.45. The van der Waals surface area contributed by atoms with Crippen molar-refractivity contribution in [2.75, 3.05) is 4.90 Å². The van der Waals surface area contributed by atoms with E-state index >= 15 is 0 Å². The second-order valence-electron chi connectivity index (χ2n) is 20.5. The van der Waals surface area contributed by atoms with E-state index in [1.54, 1.807) is 15.9 Å². The van der Waals surface area contributed by atoms with Crippen LogP contribution < -0.4 is 20.6 Å². The molecule has 2 aliphatic carbocycles. The topological polar surface area (TPSA) is 3.24 Å². The van der Waals surface area contributed by atoms with Crippen LogP contribution in [0.3, 0.4) is 0 Å². The summed E-state index contributed by atoms with van der Waals surface area (Å²) in [4.78, 5) is 2.67. The number of rotatable bonds is 1. The number of hydrogen-bond acceptors (Lipinski definition) is 2. The van der Waals surface area contributed by atoms with Crippen molar-refractivity contribution in [2.45, 2.75) is 135 Å². The summed E-state index contributed by atoms with van der Waals surface area (Å²) in [5, 5.41) is 1.45. The number of hydrogen-bond donors (Lipinski definition) is 0. The molecule has 0 spiro atoms. The van der Waals surface area contributed by atoms with Crippen LogP contribution in [0.5, 0.6) is 0 Å². The molecular weight excluding hydrogens is 621 g/mol. The normalized spacial score (nSPS) is 21.1. The fourth-order valence-electron chi connectivity index (χ4n) is 11.6. The largest absolute Gasteiger partial charge is 0.311 e. The average Bonchev–Trinajstić information content (AvgIpc) is 3.54. The third kappa shape index (κ3) is 4.19. The number of anilines is 3. The summed E-state index contributed by atoms with van der Waals surface area (Å²) in [6, 6.07) is 27.3. The van der Waals surface area contributed by atoms with Gasteiger partial charge in [-0.25, -0.2) is 0 Å². The van der Waals surface area contributed by atoms with Crippen LogP contribution in [0.15, 0.2) is 66.7 Å². The molecule has 0 amide bonds. The number of nitrogens with zero attached hydrogens (tertiary/aromatic N) is 1. The maximum atomic E-state index is 2.67. The summed E-state index contributed by atoms with van der Waals surface area (Å²) < 4.78 is 2.96. The van der Waals surface area contributed by atoms with Crippen LogP contribution >= 0.6 is 11.3 Å². The zero-order valence-electron chi connectivity index (χ0n) is 32.7. The fraction of sp³-hybridized carbons (Fsp3) is 0.447. The summed E-state index contributed by atoms with van der Waals surface area (Å²) >= 11 is 2.05. The molecule has 0 bridgehead atoms. The highest BCUT2D eigenvalue weighted by Gasteiger charge is 2.51. The van der Waals surface area contributed by atoms with Gasteiger partial charge < -0.3 is 4.90 Å². The first kappa shape index (κ1) is 32.6. The maximum Gasteiger partial charge on any atom is 0.259 e. The van der Waals surface area contributed by atoms with Crippen molar-refractivity contribution in [3.05, 3.63) is 106 Å². The minimum absolute atomic E-state index is 0.101. The van der Waals surface area contributed by atoms with E-state index in [0.717, 1.165) is 0 Å². The molecule has 256 valence electrons. The Morgan fingerprint density at radius 3 is 1.90 bits per heavy atom. The van der Waals surface area contributed by atoms with Gasteiger partial charge >= 0.3 is 0 Å². The van der Waals surface area contributed by atoms with E-state index in [0.29, 0.717) is 0 Å². The van der Waals surface area contributed by atoms with Crippen molar-refractivity contribution in [1.29, 1.82) is 0 Å². The number of thiophene rings is 1. The van der Waals surface area contributed by atoms with Gasteiger partial charge in [-0.15, -0.1) is 11.3 Å². The molecule has 3 heteroatoms. The predicted molar refractivity (Wildman–Crippen MR) is 220 cm³/mol. The third-order valence-electron chi connectivity index (χ3n) is 13.4. The molecule has 4 aromatic carbocycles. The van der Waals surface area contributed by atoms with Crippen molar-refractivity contribution >= 4 is 60.9 Å². The van der Waals surface area contributed by atoms with Crippen LogP contribution in [0.2, 0.25) is 0 Å². The second kappa shape index (κ2) is 9.57. The Morgan fingerprint density at radius 2 is 1.24 bits per heavy atom. The Labute approximate surface area is 305 Å². The highest BCUT2D eigenvalue weighted by atomic mass is 32.1. The van der Waals surface area contributed by atoms with Gasteiger partial charge in [0.25, 0.3) is 6.71 Å². The van der Waals surface area contributed by atoms with Gasteiger partial charge in [0, 0.05) is 27.2 Å². The molecule has 0 saturated carbocycles. The Kier molecular flexibility index (Phi) is 6.24. The van der Waals surface area contributed by atoms with Crippen LogP contribution in [0, 0.1) is 0 Å². The van der Waals surface area contributed by atoms with E-state index in [2.05, 4.69) is 173 Å². The van der Waals surface area contributed by atoms with Crippen LogP contribution in [-0.2, 0) is 32.5 Å². The molecule has 2 aliphatic heterocycles. The molecule has 0 N–H and O–H groups in total. The van der Waals surface area contributed by atoms with Crippen molar-refractivity contribution in [3.63, 3.8) is 0 Å².